The molecule has 35 heavy (non-hydrogen) atoms. The maximum absolute atomic E-state index is 15.1. The first-order valence-corrected chi connectivity index (χ1v) is 11.2. The van der Waals surface area contributed by atoms with Gasteiger partial charge in [0.1, 0.15) is 17.6 Å². The number of nitriles is 1. The first-order valence-electron chi connectivity index (χ1n) is 11.2. The number of alkyl halides is 2. The van der Waals surface area contributed by atoms with Crippen molar-refractivity contribution in [2.24, 2.45) is 28.9 Å². The summed E-state index contributed by atoms with van der Waals surface area (Å²) in [6.45, 7) is 2.94. The topological polar surface area (TPSA) is 126 Å². The highest BCUT2D eigenvalue weighted by molar-refractivity contribution is 5.90. The highest BCUT2D eigenvalue weighted by Gasteiger charge is 2.71. The van der Waals surface area contributed by atoms with Crippen LogP contribution in [0.3, 0.4) is 0 Å². The molecule has 2 aromatic rings. The first-order chi connectivity index (χ1) is 16.5. The van der Waals surface area contributed by atoms with Gasteiger partial charge in [-0.25, -0.2) is 8.78 Å². The molecular formula is C26H25F2N3O4. The largest absolute Gasteiger partial charge is 0.462 e. The number of hydrogen-bond acceptors (Lipinski definition) is 6. The Bertz CT molecular complexity index is 1220. The molecule has 2 heterocycles. The van der Waals surface area contributed by atoms with Crippen molar-refractivity contribution >= 4 is 18.0 Å². The number of cyclic esters (lactones) is 1. The summed E-state index contributed by atoms with van der Waals surface area (Å²) in [6.07, 6.45) is 0.767. The number of fused-ring (bicyclic) bond motifs is 1. The van der Waals surface area contributed by atoms with Gasteiger partial charge in [-0.2, -0.15) is 5.26 Å². The van der Waals surface area contributed by atoms with E-state index in [4.69, 9.17) is 10.5 Å². The van der Waals surface area contributed by atoms with Gasteiger partial charge >= 0.3 is 5.97 Å². The number of primary amides is 1. The van der Waals surface area contributed by atoms with Gasteiger partial charge in [0.2, 0.25) is 5.91 Å². The second-order valence-corrected chi connectivity index (χ2v) is 9.27. The number of amides is 1. The van der Waals surface area contributed by atoms with Gasteiger partial charge in [-0.05, 0) is 31.1 Å². The Kier molecular flexibility index (Phi) is 6.20. The summed E-state index contributed by atoms with van der Waals surface area (Å²) in [7, 11) is 0. The summed E-state index contributed by atoms with van der Waals surface area (Å²) >= 11 is 0. The van der Waals surface area contributed by atoms with Crippen LogP contribution in [0.5, 0.6) is 0 Å². The number of aliphatic hydroxyl groups excluding tert-OH is 1. The summed E-state index contributed by atoms with van der Waals surface area (Å²) in [6, 6.07) is 12.7. The predicted molar refractivity (Wildman–Crippen MR) is 122 cm³/mol. The van der Waals surface area contributed by atoms with Crippen molar-refractivity contribution in [3.63, 3.8) is 0 Å². The van der Waals surface area contributed by atoms with Gasteiger partial charge in [-0.1, -0.05) is 37.3 Å². The number of benzene rings is 1. The summed E-state index contributed by atoms with van der Waals surface area (Å²) in [5, 5.41) is 19.9. The molecule has 4 rings (SSSR count). The van der Waals surface area contributed by atoms with Crippen molar-refractivity contribution in [1.82, 2.24) is 4.98 Å². The third kappa shape index (κ3) is 3.98. The fourth-order valence-electron chi connectivity index (χ4n) is 5.53. The number of allylic oxidation sites excluding steroid dienone is 1. The number of hydrogen-bond donors (Lipinski definition) is 2. The van der Waals surface area contributed by atoms with Crippen molar-refractivity contribution in [2.45, 2.75) is 38.4 Å². The van der Waals surface area contributed by atoms with E-state index in [1.165, 1.54) is 13.0 Å². The normalized spacial score (nSPS) is 30.3. The Labute approximate surface area is 201 Å². The zero-order valence-corrected chi connectivity index (χ0v) is 19.2. The molecule has 1 saturated heterocycles. The predicted octanol–water partition coefficient (Wildman–Crippen LogP) is 3.32. The molecule has 182 valence electrons. The van der Waals surface area contributed by atoms with Crippen LogP contribution in [0.2, 0.25) is 0 Å². The SMILES string of the molecule is C[C@H]1OC(=O)[C@]2([C@H](O)C(N)=O)CC(F)(F)[C@@H](C)[C@H](C=Cc3ccc(-c4ccccc4C#N)cn3)[C@H]12. The molecule has 2 aliphatic rings. The van der Waals surface area contributed by atoms with Gasteiger partial charge in [0.05, 0.1) is 17.3 Å². The summed E-state index contributed by atoms with van der Waals surface area (Å²) in [5.74, 6) is -8.63. The molecule has 1 aliphatic heterocycles. The third-order valence-electron chi connectivity index (χ3n) is 7.35. The van der Waals surface area contributed by atoms with Crippen molar-refractivity contribution in [3.05, 3.63) is 59.9 Å². The van der Waals surface area contributed by atoms with Crippen LogP contribution in [0.15, 0.2) is 48.7 Å². The van der Waals surface area contributed by atoms with E-state index in [2.05, 4.69) is 11.1 Å². The highest BCUT2D eigenvalue weighted by Crippen LogP contribution is 2.60. The van der Waals surface area contributed by atoms with E-state index in [-0.39, 0.29) is 0 Å². The molecule has 2 fully saturated rings. The number of aliphatic hydroxyl groups is 1. The summed E-state index contributed by atoms with van der Waals surface area (Å²) in [4.78, 5) is 28.9. The number of nitrogens with zero attached hydrogens (tertiary/aromatic N) is 2. The van der Waals surface area contributed by atoms with Crippen LogP contribution in [0, 0.1) is 34.5 Å². The zero-order chi connectivity index (χ0) is 25.5. The smallest absolute Gasteiger partial charge is 0.316 e. The van der Waals surface area contributed by atoms with Gasteiger partial charge in [0.15, 0.2) is 0 Å². The van der Waals surface area contributed by atoms with Crippen LogP contribution >= 0.6 is 0 Å². The molecule has 1 aromatic heterocycles. The Balaban J connectivity index is 1.69. The van der Waals surface area contributed by atoms with Crippen molar-refractivity contribution in [2.75, 3.05) is 0 Å². The molecular weight excluding hydrogens is 456 g/mol. The van der Waals surface area contributed by atoms with E-state index < -0.39 is 59.6 Å². The van der Waals surface area contributed by atoms with Gasteiger partial charge in [-0.15, -0.1) is 0 Å². The number of rotatable bonds is 5. The monoisotopic (exact) mass is 481 g/mol. The number of esters is 1. The number of nitrogens with two attached hydrogens (primary N) is 1. The molecule has 0 spiro atoms. The molecule has 1 amide bonds. The summed E-state index contributed by atoms with van der Waals surface area (Å²) < 4.78 is 35.6. The van der Waals surface area contributed by atoms with Gasteiger partial charge in [0.25, 0.3) is 5.92 Å². The number of carbonyl (C=O) groups excluding carboxylic acids is 2. The van der Waals surface area contributed by atoms with Crippen LogP contribution < -0.4 is 5.73 Å². The van der Waals surface area contributed by atoms with E-state index in [1.54, 1.807) is 49.5 Å². The van der Waals surface area contributed by atoms with Crippen molar-refractivity contribution in [1.29, 1.82) is 5.26 Å². The molecule has 0 unspecified atom stereocenters. The molecule has 3 N–H and O–H groups in total. The Hall–Kier alpha value is -3.64. The van der Waals surface area contributed by atoms with Crippen molar-refractivity contribution < 1.29 is 28.2 Å². The Morgan fingerprint density at radius 2 is 2.03 bits per heavy atom. The van der Waals surface area contributed by atoms with Crippen LogP contribution in [0.25, 0.3) is 17.2 Å². The van der Waals surface area contributed by atoms with Crippen LogP contribution in [0.1, 0.15) is 31.5 Å². The first kappa shape index (κ1) is 24.5. The van der Waals surface area contributed by atoms with Crippen LogP contribution in [-0.4, -0.2) is 40.1 Å². The average Bonchev–Trinajstić information content (AvgIpc) is 3.08. The maximum Gasteiger partial charge on any atom is 0.316 e. The second-order valence-electron chi connectivity index (χ2n) is 9.27. The third-order valence-corrected chi connectivity index (χ3v) is 7.35. The molecule has 7 nitrogen and oxygen atoms in total. The second kappa shape index (κ2) is 8.86. The minimum absolute atomic E-state index is 0.475. The fraction of sp³-hybridized carbons (Fsp3) is 0.385. The molecule has 9 heteroatoms. The van der Waals surface area contributed by atoms with Gasteiger partial charge in [0, 0.05) is 35.6 Å². The average molecular weight is 481 g/mol. The van der Waals surface area contributed by atoms with E-state index in [0.717, 1.165) is 11.1 Å². The Morgan fingerprint density at radius 3 is 2.66 bits per heavy atom. The van der Waals surface area contributed by atoms with E-state index >= 15 is 8.78 Å². The number of pyridine rings is 1. The maximum atomic E-state index is 15.1. The molecule has 6 atom stereocenters. The quantitative estimate of drug-likeness (QED) is 0.631. The minimum Gasteiger partial charge on any atom is -0.462 e. The lowest BCUT2D eigenvalue weighted by atomic mass is 9.54. The van der Waals surface area contributed by atoms with E-state index in [0.29, 0.717) is 11.3 Å². The van der Waals surface area contributed by atoms with E-state index in [1.807, 2.05) is 6.07 Å². The highest BCUT2D eigenvalue weighted by atomic mass is 19.3. The number of halogens is 2. The van der Waals surface area contributed by atoms with Gasteiger partial charge in [-0.3, -0.25) is 14.6 Å². The molecule has 1 saturated carbocycles. The number of carbonyl (C=O) groups is 2. The molecule has 1 aliphatic carbocycles. The molecule has 0 bridgehead atoms. The lowest BCUT2D eigenvalue weighted by Crippen LogP contribution is -2.61. The fourth-order valence-corrected chi connectivity index (χ4v) is 5.53. The summed E-state index contributed by atoms with van der Waals surface area (Å²) in [5.41, 5.74) is 5.54. The number of aromatic nitrogens is 1. The Morgan fingerprint density at radius 1 is 1.31 bits per heavy atom. The van der Waals surface area contributed by atoms with Crippen LogP contribution in [0.4, 0.5) is 8.78 Å². The van der Waals surface area contributed by atoms with Crippen molar-refractivity contribution in [3.8, 4) is 17.2 Å². The van der Waals surface area contributed by atoms with E-state index in [9.17, 15) is 20.0 Å². The molecule has 1 aromatic carbocycles. The lowest BCUT2D eigenvalue weighted by Gasteiger charge is -2.48. The molecule has 0 radical (unpaired) electrons. The minimum atomic E-state index is -3.36. The number of ether oxygens (including phenoxy) is 1. The van der Waals surface area contributed by atoms with Gasteiger partial charge < -0.3 is 15.6 Å². The zero-order valence-electron chi connectivity index (χ0n) is 19.2. The lowest BCUT2D eigenvalue weighted by molar-refractivity contribution is -0.192. The van der Waals surface area contributed by atoms with Crippen LogP contribution in [-0.2, 0) is 14.3 Å². The standard InChI is InChI=1S/C26H25F2N3O4/c1-14-19(10-9-18-8-7-17(12-31-18)20-6-4-3-5-16(20)11-29)21-15(2)35-24(34)25(21,13-26(14,27)28)22(32)23(30)33/h3-10,12,14-15,19,21-22,32H,13H2,1-2H3,(H2,30,33)/t14-,15+,19-,21-,22+,25+/m0/s1.